The second kappa shape index (κ2) is 9.77. The third kappa shape index (κ3) is 4.52. The van der Waals surface area contributed by atoms with E-state index in [9.17, 15) is 9.59 Å². The zero-order chi connectivity index (χ0) is 25.2. The first-order chi connectivity index (χ1) is 17.4. The zero-order valence-electron chi connectivity index (χ0n) is 20.5. The predicted octanol–water partition coefficient (Wildman–Crippen LogP) is 5.71. The molecule has 1 saturated heterocycles. The van der Waals surface area contributed by atoms with Crippen LogP contribution in [0.4, 0.5) is 17.1 Å². The number of amides is 1. The molecule has 0 radical (unpaired) electrons. The predicted molar refractivity (Wildman–Crippen MR) is 143 cm³/mol. The van der Waals surface area contributed by atoms with E-state index in [4.69, 9.17) is 5.11 Å². The number of para-hydroxylation sites is 1. The summed E-state index contributed by atoms with van der Waals surface area (Å²) in [4.78, 5) is 27.2. The molecular formula is C29H30N4O3. The lowest BCUT2D eigenvalue weighted by Crippen LogP contribution is -2.29. The van der Waals surface area contributed by atoms with E-state index in [0.29, 0.717) is 5.69 Å². The fraction of sp³-hybridized carbons (Fsp3) is 0.241. The molecule has 3 aromatic carbocycles. The summed E-state index contributed by atoms with van der Waals surface area (Å²) < 4.78 is 1.91. The van der Waals surface area contributed by atoms with Gasteiger partial charge < -0.3 is 25.2 Å². The van der Waals surface area contributed by atoms with Gasteiger partial charge in [0.2, 0.25) is 0 Å². The molecule has 3 N–H and O–H groups in total. The van der Waals surface area contributed by atoms with Crippen molar-refractivity contribution < 1.29 is 14.7 Å². The van der Waals surface area contributed by atoms with E-state index in [1.165, 1.54) is 18.5 Å². The summed E-state index contributed by atoms with van der Waals surface area (Å²) in [7, 11) is 1.90. The SMILES string of the molecule is CC(NC(=O)c1c(Nc2cccc(N3CCCC3)c2)c2ccccc2n1C)c1ccc(C(=O)O)cc1. The van der Waals surface area contributed by atoms with Gasteiger partial charge in [0, 0.05) is 36.9 Å². The number of carboxylic acid groups (broad SMARTS) is 1. The van der Waals surface area contributed by atoms with Crippen molar-refractivity contribution in [2.75, 3.05) is 23.3 Å². The summed E-state index contributed by atoms with van der Waals surface area (Å²) >= 11 is 0. The number of benzene rings is 3. The Balaban J connectivity index is 1.46. The van der Waals surface area contributed by atoms with Crippen LogP contribution in [0.2, 0.25) is 0 Å². The quantitative estimate of drug-likeness (QED) is 0.314. The molecule has 0 aliphatic carbocycles. The van der Waals surface area contributed by atoms with E-state index in [0.717, 1.165) is 40.9 Å². The Hall–Kier alpha value is -4.26. The lowest BCUT2D eigenvalue weighted by atomic mass is 10.1. The standard InChI is InChI=1S/C29H30N4O3/c1-19(20-12-14-21(15-13-20)29(35)36)30-28(34)27-26(24-10-3-4-11-25(24)32(27)2)31-22-8-7-9-23(18-22)33-16-5-6-17-33/h3-4,7-15,18-19,31H,5-6,16-17H2,1-2H3,(H,30,34)(H,35,36). The Morgan fingerprint density at radius 1 is 0.944 bits per heavy atom. The smallest absolute Gasteiger partial charge is 0.335 e. The molecule has 1 unspecified atom stereocenters. The van der Waals surface area contributed by atoms with Crippen LogP contribution in [0.25, 0.3) is 10.9 Å². The highest BCUT2D eigenvalue weighted by atomic mass is 16.4. The lowest BCUT2D eigenvalue weighted by molar-refractivity contribution is 0.0696. The van der Waals surface area contributed by atoms with E-state index in [1.807, 2.05) is 54.9 Å². The highest BCUT2D eigenvalue weighted by molar-refractivity contribution is 6.10. The molecule has 0 bridgehead atoms. The molecular weight excluding hydrogens is 452 g/mol. The fourth-order valence-corrected chi connectivity index (χ4v) is 4.95. The average molecular weight is 483 g/mol. The normalized spacial score (nSPS) is 14.1. The fourth-order valence-electron chi connectivity index (χ4n) is 4.95. The first kappa shape index (κ1) is 23.5. The monoisotopic (exact) mass is 482 g/mol. The van der Waals surface area contributed by atoms with Crippen LogP contribution in [-0.4, -0.2) is 34.6 Å². The Kier molecular flexibility index (Phi) is 6.38. The first-order valence-electron chi connectivity index (χ1n) is 12.3. The number of carbonyl (C=O) groups is 2. The summed E-state index contributed by atoms with van der Waals surface area (Å²) in [6.07, 6.45) is 2.42. The van der Waals surface area contributed by atoms with Crippen molar-refractivity contribution in [3.63, 3.8) is 0 Å². The summed E-state index contributed by atoms with van der Waals surface area (Å²) in [6, 6.07) is 22.6. The second-order valence-corrected chi connectivity index (χ2v) is 9.29. The van der Waals surface area contributed by atoms with Crippen LogP contribution in [0.5, 0.6) is 0 Å². The van der Waals surface area contributed by atoms with Crippen LogP contribution in [-0.2, 0) is 7.05 Å². The maximum Gasteiger partial charge on any atom is 0.335 e. The van der Waals surface area contributed by atoms with Gasteiger partial charge in [0.05, 0.1) is 22.8 Å². The minimum Gasteiger partial charge on any atom is -0.478 e. The molecule has 5 rings (SSSR count). The summed E-state index contributed by atoms with van der Waals surface area (Å²) in [6.45, 7) is 4.02. The van der Waals surface area contributed by atoms with Gasteiger partial charge in [-0.05, 0) is 61.7 Å². The minimum atomic E-state index is -0.974. The van der Waals surface area contributed by atoms with Crippen molar-refractivity contribution in [1.82, 2.24) is 9.88 Å². The number of fused-ring (bicyclic) bond motifs is 1. The minimum absolute atomic E-state index is 0.207. The molecule has 7 nitrogen and oxygen atoms in total. The van der Waals surface area contributed by atoms with Gasteiger partial charge in [-0.3, -0.25) is 4.79 Å². The van der Waals surface area contributed by atoms with Gasteiger partial charge in [0.25, 0.3) is 5.91 Å². The Bertz CT molecular complexity index is 1420. The number of aromatic nitrogens is 1. The maximum atomic E-state index is 13.6. The van der Waals surface area contributed by atoms with Crippen LogP contribution in [0.3, 0.4) is 0 Å². The summed E-state index contributed by atoms with van der Waals surface area (Å²) in [5.41, 5.74) is 5.42. The molecule has 1 amide bonds. The molecule has 0 spiro atoms. The number of nitrogens with zero attached hydrogens (tertiary/aromatic N) is 2. The Labute approximate surface area is 210 Å². The van der Waals surface area contributed by atoms with Crippen molar-refractivity contribution in [2.24, 2.45) is 7.05 Å². The summed E-state index contributed by atoms with van der Waals surface area (Å²) in [5.74, 6) is -1.18. The number of nitrogens with one attached hydrogen (secondary N) is 2. The topological polar surface area (TPSA) is 86.6 Å². The average Bonchev–Trinajstić information content (AvgIpc) is 3.52. The molecule has 1 aliphatic rings. The molecule has 184 valence electrons. The number of carboxylic acids is 1. The highest BCUT2D eigenvalue weighted by Gasteiger charge is 2.23. The van der Waals surface area contributed by atoms with Gasteiger partial charge >= 0.3 is 5.97 Å². The Morgan fingerprint density at radius 3 is 2.39 bits per heavy atom. The van der Waals surface area contributed by atoms with E-state index in [-0.39, 0.29) is 17.5 Å². The number of aromatic carboxylic acids is 1. The van der Waals surface area contributed by atoms with Crippen LogP contribution in [0, 0.1) is 0 Å². The lowest BCUT2D eigenvalue weighted by Gasteiger charge is -2.19. The van der Waals surface area contributed by atoms with Crippen molar-refractivity contribution in [1.29, 1.82) is 0 Å². The van der Waals surface area contributed by atoms with E-state index < -0.39 is 5.97 Å². The van der Waals surface area contributed by atoms with Gasteiger partial charge in [-0.15, -0.1) is 0 Å². The number of hydrogen-bond donors (Lipinski definition) is 3. The number of hydrogen-bond acceptors (Lipinski definition) is 4. The third-order valence-corrected chi connectivity index (χ3v) is 6.91. The number of carbonyl (C=O) groups excluding carboxylic acids is 1. The van der Waals surface area contributed by atoms with Crippen LogP contribution in [0.15, 0.2) is 72.8 Å². The second-order valence-electron chi connectivity index (χ2n) is 9.29. The first-order valence-corrected chi connectivity index (χ1v) is 12.3. The number of anilines is 3. The zero-order valence-corrected chi connectivity index (χ0v) is 20.5. The molecule has 4 aromatic rings. The molecule has 1 fully saturated rings. The molecule has 1 atom stereocenters. The van der Waals surface area contributed by atoms with Crippen molar-refractivity contribution in [3.05, 3.63) is 89.6 Å². The molecule has 1 aliphatic heterocycles. The molecule has 36 heavy (non-hydrogen) atoms. The molecule has 1 aromatic heterocycles. The molecule has 7 heteroatoms. The van der Waals surface area contributed by atoms with Gasteiger partial charge in [0.15, 0.2) is 0 Å². The maximum absolute atomic E-state index is 13.6. The van der Waals surface area contributed by atoms with Gasteiger partial charge in [-0.2, -0.15) is 0 Å². The van der Waals surface area contributed by atoms with Crippen LogP contribution in [0.1, 0.15) is 52.2 Å². The van der Waals surface area contributed by atoms with E-state index >= 15 is 0 Å². The van der Waals surface area contributed by atoms with Crippen molar-refractivity contribution >= 4 is 39.8 Å². The van der Waals surface area contributed by atoms with Crippen LogP contribution < -0.4 is 15.5 Å². The largest absolute Gasteiger partial charge is 0.478 e. The van der Waals surface area contributed by atoms with Gasteiger partial charge in [-0.1, -0.05) is 36.4 Å². The van der Waals surface area contributed by atoms with Crippen molar-refractivity contribution in [3.8, 4) is 0 Å². The van der Waals surface area contributed by atoms with Gasteiger partial charge in [0.1, 0.15) is 5.69 Å². The highest BCUT2D eigenvalue weighted by Crippen LogP contribution is 2.34. The number of aryl methyl sites for hydroxylation is 1. The molecule has 0 saturated carbocycles. The van der Waals surface area contributed by atoms with Crippen LogP contribution >= 0.6 is 0 Å². The van der Waals surface area contributed by atoms with E-state index in [1.54, 1.807) is 24.3 Å². The molecule has 2 heterocycles. The van der Waals surface area contributed by atoms with E-state index in [2.05, 4.69) is 27.7 Å². The third-order valence-electron chi connectivity index (χ3n) is 6.91. The number of rotatable bonds is 7. The Morgan fingerprint density at radius 2 is 1.67 bits per heavy atom. The van der Waals surface area contributed by atoms with Crippen molar-refractivity contribution in [2.45, 2.75) is 25.8 Å². The summed E-state index contributed by atoms with van der Waals surface area (Å²) in [5, 5.41) is 16.8. The van der Waals surface area contributed by atoms with Gasteiger partial charge in [-0.25, -0.2) is 4.79 Å².